The molecular weight excluding hydrogens is 372 g/mol. The molecule has 1 N–H and O–H groups in total. The van der Waals surface area contributed by atoms with E-state index in [1.807, 2.05) is 24.3 Å². The number of sulfonamides is 1. The molecule has 0 spiro atoms. The average molecular weight is 393 g/mol. The first-order chi connectivity index (χ1) is 12.3. The largest absolute Gasteiger partial charge is 0.352 e. The summed E-state index contributed by atoms with van der Waals surface area (Å²) in [5.74, 6) is 0.211. The van der Waals surface area contributed by atoms with Gasteiger partial charge in [0.2, 0.25) is 15.9 Å². The minimum Gasteiger partial charge on any atom is -0.352 e. The lowest BCUT2D eigenvalue weighted by atomic mass is 10.1. The summed E-state index contributed by atoms with van der Waals surface area (Å²) in [5, 5.41) is 3.61. The fourth-order valence-electron chi connectivity index (χ4n) is 2.90. The van der Waals surface area contributed by atoms with Gasteiger partial charge in [-0.2, -0.15) is 0 Å². The Kier molecular flexibility index (Phi) is 5.37. The second-order valence-corrected chi connectivity index (χ2v) is 9.24. The maximum atomic E-state index is 12.3. The van der Waals surface area contributed by atoms with Crippen LogP contribution in [0.1, 0.15) is 23.5 Å². The molecule has 0 heterocycles. The third-order valence-electron chi connectivity index (χ3n) is 4.57. The Morgan fingerprint density at radius 3 is 2.50 bits per heavy atom. The summed E-state index contributed by atoms with van der Waals surface area (Å²) in [7, 11) is -0.444. The van der Waals surface area contributed by atoms with Gasteiger partial charge in [0.05, 0.1) is 4.90 Å². The first-order valence-corrected chi connectivity index (χ1v) is 10.2. The lowest BCUT2D eigenvalue weighted by molar-refractivity contribution is -0.122. The van der Waals surface area contributed by atoms with Crippen molar-refractivity contribution in [1.29, 1.82) is 0 Å². The van der Waals surface area contributed by atoms with Gasteiger partial charge in [-0.25, -0.2) is 12.7 Å². The van der Waals surface area contributed by atoms with E-state index in [9.17, 15) is 13.2 Å². The van der Waals surface area contributed by atoms with Gasteiger partial charge in [0.15, 0.2) is 0 Å². The molecule has 7 heteroatoms. The third kappa shape index (κ3) is 4.09. The summed E-state index contributed by atoms with van der Waals surface area (Å²) < 4.78 is 25.3. The second-order valence-electron chi connectivity index (χ2n) is 6.65. The van der Waals surface area contributed by atoms with Crippen molar-refractivity contribution in [2.75, 3.05) is 14.1 Å². The quantitative estimate of drug-likeness (QED) is 0.821. The van der Waals surface area contributed by atoms with Gasteiger partial charge >= 0.3 is 0 Å². The normalized spacial score (nSPS) is 19.4. The second kappa shape index (κ2) is 7.39. The number of carbonyl (C=O) groups excluding carboxylic acids is 1. The van der Waals surface area contributed by atoms with Gasteiger partial charge in [-0.05, 0) is 47.7 Å². The Morgan fingerprint density at radius 2 is 1.88 bits per heavy atom. The zero-order valence-corrected chi connectivity index (χ0v) is 16.2. The van der Waals surface area contributed by atoms with Crippen LogP contribution in [0, 0.1) is 5.92 Å². The van der Waals surface area contributed by atoms with Crippen LogP contribution in [-0.4, -0.2) is 32.7 Å². The molecule has 0 aromatic heterocycles. The predicted molar refractivity (Wildman–Crippen MR) is 101 cm³/mol. The van der Waals surface area contributed by atoms with Crippen LogP contribution >= 0.6 is 11.6 Å². The first kappa shape index (κ1) is 18.9. The minimum absolute atomic E-state index is 0.0139. The van der Waals surface area contributed by atoms with Crippen molar-refractivity contribution in [2.24, 2.45) is 5.92 Å². The Balaban J connectivity index is 1.56. The van der Waals surface area contributed by atoms with E-state index in [1.165, 1.54) is 18.4 Å². The van der Waals surface area contributed by atoms with Crippen molar-refractivity contribution in [3.63, 3.8) is 0 Å². The number of benzene rings is 2. The third-order valence-corrected chi connectivity index (χ3v) is 6.64. The summed E-state index contributed by atoms with van der Waals surface area (Å²) in [5.41, 5.74) is 1.95. The van der Waals surface area contributed by atoms with E-state index < -0.39 is 10.0 Å². The highest BCUT2D eigenvalue weighted by molar-refractivity contribution is 7.89. The number of halogens is 1. The van der Waals surface area contributed by atoms with Crippen LogP contribution in [0.3, 0.4) is 0 Å². The van der Waals surface area contributed by atoms with Gasteiger partial charge in [-0.3, -0.25) is 4.79 Å². The van der Waals surface area contributed by atoms with E-state index in [2.05, 4.69) is 5.32 Å². The molecule has 2 unspecified atom stereocenters. The topological polar surface area (TPSA) is 66.5 Å². The highest BCUT2D eigenvalue weighted by Crippen LogP contribution is 2.47. The van der Waals surface area contributed by atoms with Gasteiger partial charge in [-0.15, -0.1) is 0 Å². The number of nitrogens with one attached hydrogen (secondary N) is 1. The lowest BCUT2D eigenvalue weighted by Gasteiger charge is -2.12. The highest BCUT2D eigenvalue weighted by Gasteiger charge is 2.43. The van der Waals surface area contributed by atoms with Crippen LogP contribution in [0.4, 0.5) is 0 Å². The fourth-order valence-corrected chi connectivity index (χ4v) is 4.00. The maximum absolute atomic E-state index is 12.3. The number of hydrogen-bond acceptors (Lipinski definition) is 3. The van der Waals surface area contributed by atoms with Crippen LogP contribution in [0.15, 0.2) is 53.4 Å². The molecule has 1 saturated carbocycles. The highest BCUT2D eigenvalue weighted by atomic mass is 35.5. The molecule has 1 aliphatic carbocycles. The van der Waals surface area contributed by atoms with E-state index >= 15 is 0 Å². The molecule has 1 aliphatic rings. The van der Waals surface area contributed by atoms with E-state index in [-0.39, 0.29) is 22.6 Å². The molecule has 0 bridgehead atoms. The number of amides is 1. The zero-order valence-electron chi connectivity index (χ0n) is 14.6. The van der Waals surface area contributed by atoms with Crippen molar-refractivity contribution in [3.8, 4) is 0 Å². The smallest absolute Gasteiger partial charge is 0.242 e. The standard InChI is InChI=1S/C19H21ClN2O3S/c1-22(2)26(24,25)16-8-6-13(7-9-16)12-21-19(23)18-11-17(18)14-4-3-5-15(20)10-14/h3-10,17-18H,11-12H2,1-2H3,(H,21,23). The molecule has 26 heavy (non-hydrogen) atoms. The monoisotopic (exact) mass is 392 g/mol. The predicted octanol–water partition coefficient (Wildman–Crippen LogP) is 3.01. The van der Waals surface area contributed by atoms with E-state index in [0.717, 1.165) is 17.5 Å². The Bertz CT molecular complexity index is 911. The van der Waals surface area contributed by atoms with Crippen LogP contribution in [-0.2, 0) is 21.4 Å². The van der Waals surface area contributed by atoms with E-state index in [4.69, 9.17) is 11.6 Å². The van der Waals surface area contributed by atoms with Crippen LogP contribution in [0.5, 0.6) is 0 Å². The first-order valence-electron chi connectivity index (χ1n) is 8.33. The lowest BCUT2D eigenvalue weighted by Crippen LogP contribution is -2.25. The summed E-state index contributed by atoms with van der Waals surface area (Å²) in [6.45, 7) is 0.375. The number of hydrogen-bond donors (Lipinski definition) is 1. The van der Waals surface area contributed by atoms with Gasteiger partial charge in [0.1, 0.15) is 0 Å². The molecule has 5 nitrogen and oxygen atoms in total. The number of nitrogens with zero attached hydrogens (tertiary/aromatic N) is 1. The summed E-state index contributed by atoms with van der Waals surface area (Å²) in [6.07, 6.45) is 0.826. The Morgan fingerprint density at radius 1 is 1.19 bits per heavy atom. The van der Waals surface area contributed by atoms with Gasteiger partial charge in [0.25, 0.3) is 0 Å². The molecule has 1 amide bonds. The average Bonchev–Trinajstić information content (AvgIpc) is 3.41. The molecule has 3 rings (SSSR count). The van der Waals surface area contributed by atoms with Crippen molar-refractivity contribution in [3.05, 3.63) is 64.7 Å². The molecule has 2 atom stereocenters. The summed E-state index contributed by atoms with van der Waals surface area (Å²) >= 11 is 6.00. The molecule has 0 saturated heterocycles. The van der Waals surface area contributed by atoms with Gasteiger partial charge in [0, 0.05) is 31.6 Å². The van der Waals surface area contributed by atoms with Gasteiger partial charge in [-0.1, -0.05) is 35.9 Å². The molecule has 138 valence electrons. The van der Waals surface area contributed by atoms with Crippen LogP contribution < -0.4 is 5.32 Å². The van der Waals surface area contributed by atoms with E-state index in [1.54, 1.807) is 24.3 Å². The van der Waals surface area contributed by atoms with Crippen LogP contribution in [0.25, 0.3) is 0 Å². The molecule has 0 aliphatic heterocycles. The van der Waals surface area contributed by atoms with Crippen molar-refractivity contribution in [1.82, 2.24) is 9.62 Å². The molecule has 1 fully saturated rings. The summed E-state index contributed by atoms with van der Waals surface area (Å²) in [6, 6.07) is 14.2. The van der Waals surface area contributed by atoms with Crippen molar-refractivity contribution in [2.45, 2.75) is 23.8 Å². The Hall–Kier alpha value is -1.89. The van der Waals surface area contributed by atoms with Crippen molar-refractivity contribution >= 4 is 27.5 Å². The summed E-state index contributed by atoms with van der Waals surface area (Å²) in [4.78, 5) is 12.6. The maximum Gasteiger partial charge on any atom is 0.242 e. The molecular formula is C19H21ClN2O3S. The van der Waals surface area contributed by atoms with E-state index in [0.29, 0.717) is 11.6 Å². The molecule has 2 aromatic carbocycles. The molecule has 2 aromatic rings. The molecule has 0 radical (unpaired) electrons. The number of carbonyl (C=O) groups is 1. The zero-order chi connectivity index (χ0) is 18.9. The van der Waals surface area contributed by atoms with Crippen LogP contribution in [0.2, 0.25) is 5.02 Å². The fraction of sp³-hybridized carbons (Fsp3) is 0.316. The minimum atomic E-state index is -3.43. The number of rotatable bonds is 6. The van der Waals surface area contributed by atoms with Crippen molar-refractivity contribution < 1.29 is 13.2 Å². The van der Waals surface area contributed by atoms with Gasteiger partial charge < -0.3 is 5.32 Å². The SMILES string of the molecule is CN(C)S(=O)(=O)c1ccc(CNC(=O)C2CC2c2cccc(Cl)c2)cc1. The Labute approximate surface area is 159 Å².